The number of hydrogen-bond acceptors (Lipinski definition) is 3. The first-order valence-corrected chi connectivity index (χ1v) is 7.74. The molecular weight excluding hydrogens is 264 g/mol. The number of rotatable bonds is 9. The Morgan fingerprint density at radius 3 is 2.62 bits per heavy atom. The van der Waals surface area contributed by atoms with Gasteiger partial charge in [0.15, 0.2) is 0 Å². The van der Waals surface area contributed by atoms with E-state index in [0.29, 0.717) is 12.5 Å². The fourth-order valence-corrected chi connectivity index (χ4v) is 2.29. The van der Waals surface area contributed by atoms with Crippen molar-refractivity contribution in [2.45, 2.75) is 46.1 Å². The van der Waals surface area contributed by atoms with E-state index >= 15 is 0 Å². The van der Waals surface area contributed by atoms with Crippen molar-refractivity contribution in [1.82, 2.24) is 4.90 Å². The van der Waals surface area contributed by atoms with E-state index in [1.807, 2.05) is 31.2 Å². The third-order valence-electron chi connectivity index (χ3n) is 3.48. The Balaban J connectivity index is 2.32. The number of anilines is 1. The molecule has 0 spiro atoms. The quantitative estimate of drug-likeness (QED) is 0.736. The zero-order chi connectivity index (χ0) is 15.7. The summed E-state index contributed by atoms with van der Waals surface area (Å²) in [5.41, 5.74) is 2.00. The van der Waals surface area contributed by atoms with Gasteiger partial charge in [-0.05, 0) is 57.9 Å². The maximum absolute atomic E-state index is 11.9. The topological polar surface area (TPSA) is 52.6 Å². The number of aliphatic hydroxyl groups is 1. The average molecular weight is 292 g/mol. The molecule has 1 aromatic carbocycles. The third kappa shape index (κ3) is 7.25. The first-order chi connectivity index (χ1) is 10.0. The highest BCUT2D eigenvalue weighted by Gasteiger charge is 2.10. The lowest BCUT2D eigenvalue weighted by Crippen LogP contribution is -2.33. The van der Waals surface area contributed by atoms with Gasteiger partial charge in [-0.3, -0.25) is 4.79 Å². The van der Waals surface area contributed by atoms with Gasteiger partial charge in [-0.1, -0.05) is 12.1 Å². The van der Waals surface area contributed by atoms with E-state index in [4.69, 9.17) is 5.11 Å². The van der Waals surface area contributed by atoms with Gasteiger partial charge < -0.3 is 15.3 Å². The molecule has 0 fully saturated rings. The van der Waals surface area contributed by atoms with Crippen molar-refractivity contribution < 1.29 is 9.90 Å². The van der Waals surface area contributed by atoms with Crippen LogP contribution in [0.15, 0.2) is 24.3 Å². The van der Waals surface area contributed by atoms with E-state index in [9.17, 15) is 4.79 Å². The van der Waals surface area contributed by atoms with Crippen molar-refractivity contribution in [3.8, 4) is 0 Å². The summed E-state index contributed by atoms with van der Waals surface area (Å²) in [5.74, 6) is 0.0615. The fourth-order valence-electron chi connectivity index (χ4n) is 2.29. The molecule has 0 heterocycles. The molecule has 1 aromatic rings. The number of carbonyl (C=O) groups is 1. The molecule has 0 aromatic heterocycles. The van der Waals surface area contributed by atoms with Crippen molar-refractivity contribution in [2.24, 2.45) is 0 Å². The highest BCUT2D eigenvalue weighted by molar-refractivity contribution is 5.90. The third-order valence-corrected chi connectivity index (χ3v) is 3.48. The molecule has 0 saturated heterocycles. The Labute approximate surface area is 128 Å². The van der Waals surface area contributed by atoms with Crippen LogP contribution in [0.2, 0.25) is 0 Å². The van der Waals surface area contributed by atoms with Crippen LogP contribution in [0.3, 0.4) is 0 Å². The minimum atomic E-state index is 0.0615. The van der Waals surface area contributed by atoms with E-state index in [-0.39, 0.29) is 12.5 Å². The molecule has 0 radical (unpaired) electrons. The molecule has 4 heteroatoms. The van der Waals surface area contributed by atoms with Crippen molar-refractivity contribution in [3.63, 3.8) is 0 Å². The second-order valence-corrected chi connectivity index (χ2v) is 5.73. The van der Waals surface area contributed by atoms with Crippen LogP contribution >= 0.6 is 0 Å². The highest BCUT2D eigenvalue weighted by Crippen LogP contribution is 2.10. The predicted molar refractivity (Wildman–Crippen MR) is 87.5 cm³/mol. The first-order valence-electron chi connectivity index (χ1n) is 7.74. The van der Waals surface area contributed by atoms with Crippen molar-refractivity contribution in [1.29, 1.82) is 0 Å². The summed E-state index contributed by atoms with van der Waals surface area (Å²) in [7, 11) is 0. The van der Waals surface area contributed by atoms with Gasteiger partial charge >= 0.3 is 0 Å². The number of aryl methyl sites for hydroxylation is 1. The van der Waals surface area contributed by atoms with Gasteiger partial charge in [0.2, 0.25) is 5.91 Å². The first kappa shape index (κ1) is 17.7. The van der Waals surface area contributed by atoms with Crippen LogP contribution < -0.4 is 5.32 Å². The Morgan fingerprint density at radius 2 is 2.00 bits per heavy atom. The van der Waals surface area contributed by atoms with Crippen LogP contribution in [0, 0.1) is 6.92 Å². The standard InChI is InChI=1S/C17H28N2O2/c1-14(2)19(11-6-12-20)10-5-9-17(21)18-16-8-4-7-15(3)13-16/h4,7-8,13-14,20H,5-6,9-12H2,1-3H3,(H,18,21). The zero-order valence-electron chi connectivity index (χ0n) is 13.4. The summed E-state index contributed by atoms with van der Waals surface area (Å²) >= 11 is 0. The monoisotopic (exact) mass is 292 g/mol. The number of amides is 1. The molecular formula is C17H28N2O2. The summed E-state index contributed by atoms with van der Waals surface area (Å²) in [6.45, 7) is 8.29. The minimum Gasteiger partial charge on any atom is -0.396 e. The van der Waals surface area contributed by atoms with Crippen molar-refractivity contribution >= 4 is 11.6 Å². The van der Waals surface area contributed by atoms with Gasteiger partial charge in [-0.2, -0.15) is 0 Å². The van der Waals surface area contributed by atoms with Crippen LogP contribution in [0.4, 0.5) is 5.69 Å². The second-order valence-electron chi connectivity index (χ2n) is 5.73. The number of hydrogen-bond donors (Lipinski definition) is 2. The maximum Gasteiger partial charge on any atom is 0.224 e. The molecule has 0 unspecified atom stereocenters. The average Bonchev–Trinajstić information content (AvgIpc) is 2.42. The molecule has 1 amide bonds. The van der Waals surface area contributed by atoms with Gasteiger partial charge in [0.1, 0.15) is 0 Å². The lowest BCUT2D eigenvalue weighted by atomic mass is 10.2. The summed E-state index contributed by atoms with van der Waals surface area (Å²) in [6, 6.07) is 8.28. The summed E-state index contributed by atoms with van der Waals surface area (Å²) < 4.78 is 0. The maximum atomic E-state index is 11.9. The van der Waals surface area contributed by atoms with Crippen LogP contribution in [0.1, 0.15) is 38.7 Å². The van der Waals surface area contributed by atoms with Crippen molar-refractivity contribution in [2.75, 3.05) is 25.0 Å². The molecule has 0 aliphatic carbocycles. The summed E-state index contributed by atoms with van der Waals surface area (Å²) in [4.78, 5) is 14.2. The van der Waals surface area contributed by atoms with E-state index in [1.54, 1.807) is 0 Å². The molecule has 2 N–H and O–H groups in total. The number of benzene rings is 1. The predicted octanol–water partition coefficient (Wildman–Crippen LogP) is 2.81. The lowest BCUT2D eigenvalue weighted by Gasteiger charge is -2.26. The van der Waals surface area contributed by atoms with E-state index in [2.05, 4.69) is 24.1 Å². The van der Waals surface area contributed by atoms with Gasteiger partial charge in [0, 0.05) is 31.3 Å². The lowest BCUT2D eigenvalue weighted by molar-refractivity contribution is -0.116. The zero-order valence-corrected chi connectivity index (χ0v) is 13.4. The highest BCUT2D eigenvalue weighted by atomic mass is 16.3. The molecule has 118 valence electrons. The molecule has 0 aliphatic heterocycles. The van der Waals surface area contributed by atoms with Gasteiger partial charge in [0.25, 0.3) is 0 Å². The summed E-state index contributed by atoms with van der Waals surface area (Å²) in [5, 5.41) is 11.8. The number of carbonyl (C=O) groups excluding carboxylic acids is 1. The number of nitrogens with zero attached hydrogens (tertiary/aromatic N) is 1. The number of aliphatic hydroxyl groups excluding tert-OH is 1. The van der Waals surface area contributed by atoms with Crippen LogP contribution in [0.25, 0.3) is 0 Å². The van der Waals surface area contributed by atoms with E-state index in [0.717, 1.165) is 37.2 Å². The molecule has 4 nitrogen and oxygen atoms in total. The molecule has 0 saturated carbocycles. The van der Waals surface area contributed by atoms with Crippen molar-refractivity contribution in [3.05, 3.63) is 29.8 Å². The SMILES string of the molecule is Cc1cccc(NC(=O)CCCN(CCCO)C(C)C)c1. The normalized spacial score (nSPS) is 11.1. The smallest absolute Gasteiger partial charge is 0.224 e. The minimum absolute atomic E-state index is 0.0615. The Kier molecular flexibility index (Phi) is 8.01. The van der Waals surface area contributed by atoms with E-state index < -0.39 is 0 Å². The van der Waals surface area contributed by atoms with Gasteiger partial charge in [-0.25, -0.2) is 0 Å². The molecule has 0 atom stereocenters. The van der Waals surface area contributed by atoms with Gasteiger partial charge in [0.05, 0.1) is 0 Å². The summed E-state index contributed by atoms with van der Waals surface area (Å²) in [6.07, 6.45) is 2.14. The molecule has 21 heavy (non-hydrogen) atoms. The molecule has 0 bridgehead atoms. The molecule has 0 aliphatic rings. The van der Waals surface area contributed by atoms with Crippen LogP contribution in [-0.4, -0.2) is 41.7 Å². The van der Waals surface area contributed by atoms with E-state index in [1.165, 1.54) is 0 Å². The Bertz CT molecular complexity index is 433. The Morgan fingerprint density at radius 1 is 1.29 bits per heavy atom. The van der Waals surface area contributed by atoms with Gasteiger partial charge in [-0.15, -0.1) is 0 Å². The fraction of sp³-hybridized carbons (Fsp3) is 0.588. The largest absolute Gasteiger partial charge is 0.396 e. The Hall–Kier alpha value is -1.39. The second kappa shape index (κ2) is 9.53. The van der Waals surface area contributed by atoms with Crippen LogP contribution in [-0.2, 0) is 4.79 Å². The number of nitrogens with one attached hydrogen (secondary N) is 1. The van der Waals surface area contributed by atoms with Crippen LogP contribution in [0.5, 0.6) is 0 Å². The molecule has 1 rings (SSSR count).